The highest BCUT2D eigenvalue weighted by Crippen LogP contribution is 2.17. The van der Waals surface area contributed by atoms with Crippen LogP contribution in [0.1, 0.15) is 43.9 Å². The van der Waals surface area contributed by atoms with Crippen molar-refractivity contribution >= 4 is 0 Å². The van der Waals surface area contributed by atoms with Gasteiger partial charge in [-0.3, -0.25) is 4.79 Å². The lowest BCUT2D eigenvalue weighted by atomic mass is 9.98. The van der Waals surface area contributed by atoms with Crippen molar-refractivity contribution in [2.45, 2.75) is 39.2 Å². The minimum atomic E-state index is -0.140. The maximum atomic E-state index is 12.3. The molecule has 0 saturated carbocycles. The van der Waals surface area contributed by atoms with Crippen LogP contribution in [0.25, 0.3) is 0 Å². The maximum Gasteiger partial charge on any atom is 0.268 e. The molecule has 0 aromatic carbocycles. The van der Waals surface area contributed by atoms with Crippen molar-refractivity contribution in [3.05, 3.63) is 33.7 Å². The summed E-state index contributed by atoms with van der Waals surface area (Å²) in [6.45, 7) is 6.91. The average Bonchev–Trinajstić information content (AvgIpc) is 2.42. The number of piperidine rings is 1. The number of hydrogen-bond donors (Lipinski definition) is 1. The summed E-state index contributed by atoms with van der Waals surface area (Å²) in [6, 6.07) is 5.55. The van der Waals surface area contributed by atoms with Crippen molar-refractivity contribution in [3.8, 4) is 6.07 Å². The Balaban J connectivity index is 2.35. The summed E-state index contributed by atoms with van der Waals surface area (Å²) >= 11 is 0. The van der Waals surface area contributed by atoms with Gasteiger partial charge in [-0.1, -0.05) is 13.8 Å². The Morgan fingerprint density at radius 3 is 2.89 bits per heavy atom. The monoisotopic (exact) mass is 259 g/mol. The van der Waals surface area contributed by atoms with Crippen molar-refractivity contribution in [2.24, 2.45) is 5.92 Å². The second kappa shape index (κ2) is 6.03. The van der Waals surface area contributed by atoms with Crippen LogP contribution >= 0.6 is 0 Å². The van der Waals surface area contributed by atoms with Crippen LogP contribution < -0.4 is 10.9 Å². The van der Waals surface area contributed by atoms with Gasteiger partial charge in [0.15, 0.2) is 0 Å². The van der Waals surface area contributed by atoms with E-state index in [1.165, 1.54) is 0 Å². The highest BCUT2D eigenvalue weighted by atomic mass is 16.1. The number of aromatic nitrogens is 1. The molecule has 2 heterocycles. The fourth-order valence-electron chi connectivity index (χ4n) is 2.71. The molecule has 19 heavy (non-hydrogen) atoms. The quantitative estimate of drug-likeness (QED) is 0.901. The van der Waals surface area contributed by atoms with E-state index in [1.54, 1.807) is 10.6 Å². The van der Waals surface area contributed by atoms with E-state index < -0.39 is 0 Å². The van der Waals surface area contributed by atoms with Gasteiger partial charge in [-0.05, 0) is 49.9 Å². The number of nitriles is 1. The van der Waals surface area contributed by atoms with Gasteiger partial charge in [0, 0.05) is 12.2 Å². The molecule has 102 valence electrons. The molecule has 4 nitrogen and oxygen atoms in total. The van der Waals surface area contributed by atoms with Crippen LogP contribution in [-0.2, 0) is 6.54 Å². The van der Waals surface area contributed by atoms with Crippen molar-refractivity contribution in [2.75, 3.05) is 13.1 Å². The van der Waals surface area contributed by atoms with Gasteiger partial charge in [0.05, 0.1) is 0 Å². The number of nitrogens with zero attached hydrogens (tertiary/aromatic N) is 2. The lowest BCUT2D eigenvalue weighted by molar-refractivity contribution is 0.328. The van der Waals surface area contributed by atoms with Crippen LogP contribution in [-0.4, -0.2) is 17.7 Å². The minimum Gasteiger partial charge on any atom is -0.316 e. The van der Waals surface area contributed by atoms with Gasteiger partial charge < -0.3 is 9.88 Å². The molecular weight excluding hydrogens is 238 g/mol. The molecule has 1 aliphatic heterocycles. The molecule has 4 heteroatoms. The Morgan fingerprint density at radius 1 is 1.53 bits per heavy atom. The van der Waals surface area contributed by atoms with Crippen LogP contribution in [0, 0.1) is 17.2 Å². The molecule has 0 radical (unpaired) electrons. The van der Waals surface area contributed by atoms with E-state index >= 15 is 0 Å². The first-order valence-corrected chi connectivity index (χ1v) is 6.98. The summed E-state index contributed by atoms with van der Waals surface area (Å²) in [7, 11) is 0. The lowest BCUT2D eigenvalue weighted by Gasteiger charge is -2.25. The summed E-state index contributed by atoms with van der Waals surface area (Å²) in [6.07, 6.45) is 2.31. The van der Waals surface area contributed by atoms with Crippen LogP contribution in [0.5, 0.6) is 0 Å². The first kappa shape index (κ1) is 13.8. The van der Waals surface area contributed by atoms with E-state index in [1.807, 2.05) is 12.1 Å². The van der Waals surface area contributed by atoms with Gasteiger partial charge in [-0.2, -0.15) is 5.26 Å². The molecule has 1 fully saturated rings. The predicted molar refractivity (Wildman–Crippen MR) is 75.1 cm³/mol. The van der Waals surface area contributed by atoms with Crippen molar-refractivity contribution in [1.29, 1.82) is 5.26 Å². The highest BCUT2D eigenvalue weighted by molar-refractivity contribution is 5.28. The van der Waals surface area contributed by atoms with Crippen molar-refractivity contribution < 1.29 is 0 Å². The molecule has 0 bridgehead atoms. The van der Waals surface area contributed by atoms with E-state index in [-0.39, 0.29) is 17.0 Å². The summed E-state index contributed by atoms with van der Waals surface area (Å²) in [5.41, 5.74) is 1.13. The van der Waals surface area contributed by atoms with Gasteiger partial charge in [-0.15, -0.1) is 0 Å². The van der Waals surface area contributed by atoms with Crippen molar-refractivity contribution in [1.82, 2.24) is 9.88 Å². The van der Waals surface area contributed by atoms with Gasteiger partial charge in [0.2, 0.25) is 0 Å². The standard InChI is InChI=1S/C15H21N3O/c1-11(2)14-6-5-13(8-16)15(19)18(14)10-12-4-3-7-17-9-12/h5-6,11-12,17H,3-4,7,9-10H2,1-2H3. The van der Waals surface area contributed by atoms with Crippen LogP contribution in [0.2, 0.25) is 0 Å². The lowest BCUT2D eigenvalue weighted by Crippen LogP contribution is -2.36. The van der Waals surface area contributed by atoms with E-state index in [0.717, 1.165) is 38.2 Å². The number of hydrogen-bond acceptors (Lipinski definition) is 3. The normalized spacial score (nSPS) is 19.4. The van der Waals surface area contributed by atoms with Gasteiger partial charge >= 0.3 is 0 Å². The molecule has 1 aliphatic rings. The van der Waals surface area contributed by atoms with Gasteiger partial charge in [-0.25, -0.2) is 0 Å². The molecule has 2 rings (SSSR count). The molecule has 1 atom stereocenters. The molecule has 1 aromatic rings. The third-order valence-corrected chi connectivity index (χ3v) is 3.76. The number of pyridine rings is 1. The summed E-state index contributed by atoms with van der Waals surface area (Å²) < 4.78 is 1.81. The number of rotatable bonds is 3. The van der Waals surface area contributed by atoms with Gasteiger partial charge in [0.1, 0.15) is 11.6 Å². The predicted octanol–water partition coefficient (Wildman–Crippen LogP) is 1.84. The second-order valence-electron chi connectivity index (χ2n) is 5.57. The molecule has 0 aliphatic carbocycles. The largest absolute Gasteiger partial charge is 0.316 e. The third-order valence-electron chi connectivity index (χ3n) is 3.76. The van der Waals surface area contributed by atoms with Crippen LogP contribution in [0.15, 0.2) is 16.9 Å². The average molecular weight is 259 g/mol. The first-order valence-electron chi connectivity index (χ1n) is 6.98. The first-order chi connectivity index (χ1) is 9.13. The Bertz CT molecular complexity index is 533. The Labute approximate surface area is 114 Å². The maximum absolute atomic E-state index is 12.3. The summed E-state index contributed by atoms with van der Waals surface area (Å²) in [4.78, 5) is 12.3. The molecule has 0 spiro atoms. The smallest absolute Gasteiger partial charge is 0.268 e. The Hall–Kier alpha value is -1.60. The Morgan fingerprint density at radius 2 is 2.32 bits per heavy atom. The summed E-state index contributed by atoms with van der Waals surface area (Å²) in [5.74, 6) is 0.773. The third kappa shape index (κ3) is 3.05. The van der Waals surface area contributed by atoms with Crippen LogP contribution in [0.4, 0.5) is 0 Å². The zero-order chi connectivity index (χ0) is 13.8. The fraction of sp³-hybridized carbons (Fsp3) is 0.600. The van der Waals surface area contributed by atoms with E-state index in [4.69, 9.17) is 5.26 Å². The molecule has 1 N–H and O–H groups in total. The fourth-order valence-corrected chi connectivity index (χ4v) is 2.71. The highest BCUT2D eigenvalue weighted by Gasteiger charge is 2.18. The van der Waals surface area contributed by atoms with Gasteiger partial charge in [0.25, 0.3) is 5.56 Å². The van der Waals surface area contributed by atoms with E-state index in [2.05, 4.69) is 19.2 Å². The van der Waals surface area contributed by atoms with Crippen LogP contribution in [0.3, 0.4) is 0 Å². The second-order valence-corrected chi connectivity index (χ2v) is 5.57. The summed E-state index contributed by atoms with van der Waals surface area (Å²) in [5, 5.41) is 12.4. The van der Waals surface area contributed by atoms with E-state index in [0.29, 0.717) is 5.92 Å². The molecule has 0 amide bonds. The molecular formula is C15H21N3O. The molecule has 1 aromatic heterocycles. The topological polar surface area (TPSA) is 57.8 Å². The molecule has 1 saturated heterocycles. The Kier molecular flexibility index (Phi) is 4.39. The zero-order valence-corrected chi connectivity index (χ0v) is 11.6. The zero-order valence-electron chi connectivity index (χ0n) is 11.6. The number of nitrogens with one attached hydrogen (secondary N) is 1. The van der Waals surface area contributed by atoms with E-state index in [9.17, 15) is 4.79 Å². The SMILES string of the molecule is CC(C)c1ccc(C#N)c(=O)n1CC1CCCNC1. The van der Waals surface area contributed by atoms with Crippen molar-refractivity contribution in [3.63, 3.8) is 0 Å². The minimum absolute atomic E-state index is 0.140. The molecule has 1 unspecified atom stereocenters.